The SMILES string of the molecule is CCNC(=NCC(=O)N1CCCC1)NCC(=O)N1CCCCC1. The van der Waals surface area contributed by atoms with Gasteiger partial charge in [-0.2, -0.15) is 0 Å². The lowest BCUT2D eigenvalue weighted by Gasteiger charge is -2.27. The van der Waals surface area contributed by atoms with Gasteiger partial charge < -0.3 is 20.4 Å². The highest BCUT2D eigenvalue weighted by Gasteiger charge is 2.18. The maximum absolute atomic E-state index is 12.2. The molecule has 2 N–H and O–H groups in total. The van der Waals surface area contributed by atoms with E-state index in [2.05, 4.69) is 15.6 Å². The molecule has 0 saturated carbocycles. The van der Waals surface area contributed by atoms with Crippen LogP contribution >= 0.6 is 0 Å². The van der Waals surface area contributed by atoms with Crippen LogP contribution in [0.4, 0.5) is 0 Å². The molecule has 7 heteroatoms. The van der Waals surface area contributed by atoms with Crippen molar-refractivity contribution in [3.05, 3.63) is 0 Å². The average Bonchev–Trinajstić information content (AvgIpc) is 3.12. The van der Waals surface area contributed by atoms with E-state index in [1.807, 2.05) is 16.7 Å². The molecular formula is C16H29N5O2. The number of aliphatic imine (C=N–C) groups is 1. The summed E-state index contributed by atoms with van der Waals surface area (Å²) >= 11 is 0. The third kappa shape index (κ3) is 5.73. The van der Waals surface area contributed by atoms with Gasteiger partial charge in [0.25, 0.3) is 0 Å². The molecule has 2 aliphatic heterocycles. The lowest BCUT2D eigenvalue weighted by molar-refractivity contribution is -0.131. The number of hydrogen-bond donors (Lipinski definition) is 2. The topological polar surface area (TPSA) is 77.0 Å². The van der Waals surface area contributed by atoms with Crippen LogP contribution < -0.4 is 10.6 Å². The fourth-order valence-corrected chi connectivity index (χ4v) is 2.97. The van der Waals surface area contributed by atoms with E-state index >= 15 is 0 Å². The van der Waals surface area contributed by atoms with Crippen LogP contribution in [0.5, 0.6) is 0 Å². The molecule has 23 heavy (non-hydrogen) atoms. The van der Waals surface area contributed by atoms with Crippen LogP contribution in [0, 0.1) is 0 Å². The summed E-state index contributed by atoms with van der Waals surface area (Å²) in [5.41, 5.74) is 0. The molecule has 2 rings (SSSR count). The van der Waals surface area contributed by atoms with Gasteiger partial charge in [0.2, 0.25) is 11.8 Å². The Labute approximate surface area is 138 Å². The second-order valence-electron chi connectivity index (χ2n) is 6.08. The number of hydrogen-bond acceptors (Lipinski definition) is 3. The Morgan fingerprint density at radius 1 is 0.870 bits per heavy atom. The van der Waals surface area contributed by atoms with Crippen LogP contribution in [0.2, 0.25) is 0 Å². The number of nitrogens with zero attached hydrogens (tertiary/aromatic N) is 3. The van der Waals surface area contributed by atoms with E-state index in [9.17, 15) is 9.59 Å². The number of amides is 2. The van der Waals surface area contributed by atoms with Crippen molar-refractivity contribution in [3.8, 4) is 0 Å². The Kier molecular flexibility index (Phi) is 7.16. The van der Waals surface area contributed by atoms with Crippen molar-refractivity contribution in [2.75, 3.05) is 45.8 Å². The largest absolute Gasteiger partial charge is 0.357 e. The minimum Gasteiger partial charge on any atom is -0.357 e. The summed E-state index contributed by atoms with van der Waals surface area (Å²) in [6, 6.07) is 0. The number of likely N-dealkylation sites (tertiary alicyclic amines) is 2. The molecule has 2 amide bonds. The van der Waals surface area contributed by atoms with Crippen LogP contribution in [0.15, 0.2) is 4.99 Å². The molecule has 0 spiro atoms. The van der Waals surface area contributed by atoms with E-state index in [0.717, 1.165) is 51.9 Å². The Hall–Kier alpha value is -1.79. The maximum Gasteiger partial charge on any atom is 0.244 e. The third-order valence-corrected chi connectivity index (χ3v) is 4.29. The number of carbonyl (C=O) groups is 2. The molecule has 0 aromatic rings. The summed E-state index contributed by atoms with van der Waals surface area (Å²) in [5, 5.41) is 6.12. The van der Waals surface area contributed by atoms with Gasteiger partial charge in [-0.15, -0.1) is 0 Å². The molecule has 0 unspecified atom stereocenters. The monoisotopic (exact) mass is 323 g/mol. The smallest absolute Gasteiger partial charge is 0.244 e. The Morgan fingerprint density at radius 2 is 1.43 bits per heavy atom. The number of guanidine groups is 1. The van der Waals surface area contributed by atoms with Gasteiger partial charge in [0.1, 0.15) is 6.54 Å². The Morgan fingerprint density at radius 3 is 2.04 bits per heavy atom. The van der Waals surface area contributed by atoms with E-state index in [1.165, 1.54) is 6.42 Å². The first-order valence-corrected chi connectivity index (χ1v) is 8.78. The zero-order valence-electron chi connectivity index (χ0n) is 14.1. The van der Waals surface area contributed by atoms with E-state index in [4.69, 9.17) is 0 Å². The number of rotatable bonds is 5. The van der Waals surface area contributed by atoms with Crippen molar-refractivity contribution < 1.29 is 9.59 Å². The number of nitrogens with one attached hydrogen (secondary N) is 2. The van der Waals surface area contributed by atoms with E-state index in [1.54, 1.807) is 0 Å². The van der Waals surface area contributed by atoms with E-state index in [0.29, 0.717) is 12.5 Å². The molecule has 0 radical (unpaired) electrons. The molecule has 130 valence electrons. The first-order chi connectivity index (χ1) is 11.2. The number of carbonyl (C=O) groups excluding carboxylic acids is 2. The highest BCUT2D eigenvalue weighted by atomic mass is 16.2. The predicted octanol–water partition coefficient (Wildman–Crippen LogP) is 0.176. The highest BCUT2D eigenvalue weighted by Crippen LogP contribution is 2.08. The quantitative estimate of drug-likeness (QED) is 0.559. The van der Waals surface area contributed by atoms with Gasteiger partial charge in [-0.3, -0.25) is 9.59 Å². The van der Waals surface area contributed by atoms with Gasteiger partial charge in [0.05, 0.1) is 6.54 Å². The summed E-state index contributed by atoms with van der Waals surface area (Å²) in [4.78, 5) is 32.2. The van der Waals surface area contributed by atoms with Gasteiger partial charge in [0.15, 0.2) is 5.96 Å². The van der Waals surface area contributed by atoms with Crippen molar-refractivity contribution >= 4 is 17.8 Å². The summed E-state index contributed by atoms with van der Waals surface area (Å²) < 4.78 is 0. The molecule has 2 fully saturated rings. The van der Waals surface area contributed by atoms with E-state index < -0.39 is 0 Å². The molecular weight excluding hydrogens is 294 g/mol. The van der Waals surface area contributed by atoms with Gasteiger partial charge in [-0.25, -0.2) is 4.99 Å². The highest BCUT2D eigenvalue weighted by molar-refractivity contribution is 5.88. The zero-order valence-corrected chi connectivity index (χ0v) is 14.1. The third-order valence-electron chi connectivity index (χ3n) is 4.29. The van der Waals surface area contributed by atoms with Crippen LogP contribution in [0.1, 0.15) is 39.0 Å². The first kappa shape index (κ1) is 17.6. The molecule has 0 aromatic heterocycles. The van der Waals surface area contributed by atoms with E-state index in [-0.39, 0.29) is 24.9 Å². The second-order valence-corrected chi connectivity index (χ2v) is 6.08. The van der Waals surface area contributed by atoms with Crippen molar-refractivity contribution in [2.45, 2.75) is 39.0 Å². The van der Waals surface area contributed by atoms with Crippen LogP contribution in [0.3, 0.4) is 0 Å². The molecule has 2 aliphatic rings. The minimum atomic E-state index is 0.0575. The lowest BCUT2D eigenvalue weighted by Crippen LogP contribution is -2.46. The number of piperidine rings is 1. The van der Waals surface area contributed by atoms with Crippen LogP contribution in [-0.2, 0) is 9.59 Å². The maximum atomic E-state index is 12.2. The molecule has 0 bridgehead atoms. The summed E-state index contributed by atoms with van der Waals surface area (Å²) in [7, 11) is 0. The van der Waals surface area contributed by atoms with Crippen LogP contribution in [-0.4, -0.2) is 73.4 Å². The molecule has 0 aromatic carbocycles. The van der Waals surface area contributed by atoms with Crippen molar-refractivity contribution in [1.82, 2.24) is 20.4 Å². The molecule has 7 nitrogen and oxygen atoms in total. The molecule has 2 saturated heterocycles. The van der Waals surface area contributed by atoms with Crippen molar-refractivity contribution in [3.63, 3.8) is 0 Å². The van der Waals surface area contributed by atoms with Gasteiger partial charge in [0, 0.05) is 32.7 Å². The van der Waals surface area contributed by atoms with Crippen LogP contribution in [0.25, 0.3) is 0 Å². The first-order valence-electron chi connectivity index (χ1n) is 8.78. The summed E-state index contributed by atoms with van der Waals surface area (Å²) in [6.07, 6.45) is 5.55. The molecule has 0 atom stereocenters. The average molecular weight is 323 g/mol. The zero-order chi connectivity index (χ0) is 16.5. The summed E-state index contributed by atoms with van der Waals surface area (Å²) in [5.74, 6) is 0.689. The fraction of sp³-hybridized carbons (Fsp3) is 0.812. The minimum absolute atomic E-state index is 0.0575. The van der Waals surface area contributed by atoms with Gasteiger partial charge in [-0.1, -0.05) is 0 Å². The normalized spacial score (nSPS) is 18.9. The van der Waals surface area contributed by atoms with Gasteiger partial charge in [-0.05, 0) is 39.0 Å². The van der Waals surface area contributed by atoms with Crippen molar-refractivity contribution in [1.29, 1.82) is 0 Å². The standard InChI is InChI=1S/C16H29N5O2/c1-2-17-16(19-13-15(23)21-10-6-7-11-21)18-12-14(22)20-8-4-3-5-9-20/h2-13H2,1H3,(H2,17,18,19). The lowest BCUT2D eigenvalue weighted by atomic mass is 10.1. The Balaban J connectivity index is 1.78. The Bertz CT molecular complexity index is 426. The second kappa shape index (κ2) is 9.37. The molecule has 0 aliphatic carbocycles. The predicted molar refractivity (Wildman–Crippen MR) is 90.2 cm³/mol. The van der Waals surface area contributed by atoms with Gasteiger partial charge >= 0.3 is 0 Å². The molecule has 2 heterocycles. The fourth-order valence-electron chi connectivity index (χ4n) is 2.97. The summed E-state index contributed by atoms with van der Waals surface area (Å²) in [6.45, 7) is 6.39. The van der Waals surface area contributed by atoms with Crippen molar-refractivity contribution in [2.24, 2.45) is 4.99 Å².